The number of hydrogen-bond acceptors (Lipinski definition) is 2. The Morgan fingerprint density at radius 3 is 2.53 bits per heavy atom. The Kier molecular flexibility index (Phi) is 3.78. The van der Waals surface area contributed by atoms with E-state index in [2.05, 4.69) is 0 Å². The van der Waals surface area contributed by atoms with Crippen LogP contribution in [0.5, 0.6) is 0 Å². The maximum absolute atomic E-state index is 13.1. The number of rotatable bonds is 5. The monoisotopic (exact) mass is 289 g/mol. The second-order valence-corrected chi connectivity index (χ2v) is 5.37. The highest BCUT2D eigenvalue weighted by Crippen LogP contribution is 2.53. The Labute approximate surface area is 114 Å². The molecule has 19 heavy (non-hydrogen) atoms. The molecule has 0 aromatic heterocycles. The van der Waals surface area contributed by atoms with Gasteiger partial charge in [-0.1, -0.05) is 17.7 Å². The van der Waals surface area contributed by atoms with Gasteiger partial charge in [0.15, 0.2) is 0 Å². The molecule has 0 amide bonds. The molecule has 0 unspecified atom stereocenters. The second kappa shape index (κ2) is 5.06. The highest BCUT2D eigenvalue weighted by atomic mass is 35.5. The number of hydrogen-bond donors (Lipinski definition) is 2. The number of halogens is 3. The van der Waals surface area contributed by atoms with Crippen LogP contribution in [-0.4, -0.2) is 17.5 Å². The van der Waals surface area contributed by atoms with Gasteiger partial charge < -0.3 is 10.8 Å². The maximum atomic E-state index is 13.1. The summed E-state index contributed by atoms with van der Waals surface area (Å²) in [5.74, 6) is -1.04. The molecular weight excluding hydrogens is 276 g/mol. The van der Waals surface area contributed by atoms with Crippen molar-refractivity contribution in [1.29, 1.82) is 0 Å². The van der Waals surface area contributed by atoms with E-state index in [4.69, 9.17) is 22.4 Å². The largest absolute Gasteiger partial charge is 0.481 e. The third-order valence-corrected chi connectivity index (χ3v) is 3.74. The standard InChI is InChI=1S/C13H14ClF2NO2/c14-9-4-7(10(17)6-11(18)19)3-8(5-9)13(1-2-13)12(15)16/h3-5,10,12H,1-2,6,17H2,(H,18,19)/t10-/m0/s1. The van der Waals surface area contributed by atoms with Gasteiger partial charge >= 0.3 is 5.97 Å². The molecule has 0 radical (unpaired) electrons. The lowest BCUT2D eigenvalue weighted by molar-refractivity contribution is -0.137. The zero-order chi connectivity index (χ0) is 14.2. The highest BCUT2D eigenvalue weighted by molar-refractivity contribution is 6.30. The smallest absolute Gasteiger partial charge is 0.305 e. The molecule has 1 aliphatic rings. The third-order valence-electron chi connectivity index (χ3n) is 3.52. The highest BCUT2D eigenvalue weighted by Gasteiger charge is 2.52. The van der Waals surface area contributed by atoms with Crippen LogP contribution in [0.4, 0.5) is 8.78 Å². The van der Waals surface area contributed by atoms with Crippen LogP contribution in [0.15, 0.2) is 18.2 Å². The Bertz CT molecular complexity index is 503. The van der Waals surface area contributed by atoms with E-state index in [1.54, 1.807) is 6.07 Å². The molecule has 2 rings (SSSR count). The molecule has 1 aromatic rings. The molecule has 0 saturated heterocycles. The molecule has 0 spiro atoms. The van der Waals surface area contributed by atoms with Crippen LogP contribution >= 0.6 is 11.6 Å². The Morgan fingerprint density at radius 2 is 2.05 bits per heavy atom. The van der Waals surface area contributed by atoms with Gasteiger partial charge in [0, 0.05) is 11.1 Å². The molecule has 104 valence electrons. The van der Waals surface area contributed by atoms with Crippen LogP contribution in [0.3, 0.4) is 0 Å². The number of nitrogens with two attached hydrogens (primary N) is 1. The maximum Gasteiger partial charge on any atom is 0.305 e. The van der Waals surface area contributed by atoms with Gasteiger partial charge in [-0.25, -0.2) is 8.78 Å². The van der Waals surface area contributed by atoms with E-state index in [1.807, 2.05) is 0 Å². The number of aliphatic carboxylic acids is 1. The Morgan fingerprint density at radius 1 is 1.42 bits per heavy atom. The Hall–Kier alpha value is -1.20. The summed E-state index contributed by atoms with van der Waals surface area (Å²) in [6, 6.07) is 3.85. The van der Waals surface area contributed by atoms with Gasteiger partial charge in [0.25, 0.3) is 0 Å². The SMILES string of the molecule is N[C@@H](CC(=O)O)c1cc(Cl)cc(C2(C(F)F)CC2)c1. The van der Waals surface area contributed by atoms with Crippen LogP contribution in [0, 0.1) is 0 Å². The minimum absolute atomic E-state index is 0.262. The number of alkyl halides is 2. The predicted molar refractivity (Wildman–Crippen MR) is 67.5 cm³/mol. The van der Waals surface area contributed by atoms with Crippen molar-refractivity contribution in [3.05, 3.63) is 34.3 Å². The number of carboxylic acid groups (broad SMARTS) is 1. The van der Waals surface area contributed by atoms with Crippen molar-refractivity contribution in [3.8, 4) is 0 Å². The molecule has 1 aliphatic carbocycles. The van der Waals surface area contributed by atoms with E-state index in [0.29, 0.717) is 29.0 Å². The molecule has 1 saturated carbocycles. The summed E-state index contributed by atoms with van der Waals surface area (Å²) < 4.78 is 26.1. The lowest BCUT2D eigenvalue weighted by Gasteiger charge is -2.18. The minimum Gasteiger partial charge on any atom is -0.481 e. The lowest BCUT2D eigenvalue weighted by atomic mass is 9.92. The van der Waals surface area contributed by atoms with Gasteiger partial charge in [0.05, 0.1) is 11.8 Å². The zero-order valence-electron chi connectivity index (χ0n) is 10.1. The summed E-state index contributed by atoms with van der Waals surface area (Å²) >= 11 is 5.92. The van der Waals surface area contributed by atoms with Crippen molar-refractivity contribution in [3.63, 3.8) is 0 Å². The average Bonchev–Trinajstić information content (AvgIpc) is 3.08. The second-order valence-electron chi connectivity index (χ2n) is 4.93. The van der Waals surface area contributed by atoms with Crippen LogP contribution in [-0.2, 0) is 10.2 Å². The summed E-state index contributed by atoms with van der Waals surface area (Å²) in [5.41, 5.74) is 5.56. The molecule has 0 heterocycles. The van der Waals surface area contributed by atoms with Crippen molar-refractivity contribution in [2.45, 2.75) is 37.1 Å². The third kappa shape index (κ3) is 2.87. The van der Waals surface area contributed by atoms with Gasteiger partial charge in [-0.15, -0.1) is 0 Å². The Balaban J connectivity index is 2.33. The van der Waals surface area contributed by atoms with Crippen LogP contribution in [0.2, 0.25) is 5.02 Å². The quantitative estimate of drug-likeness (QED) is 0.875. The zero-order valence-corrected chi connectivity index (χ0v) is 10.8. The first-order chi connectivity index (χ1) is 8.85. The summed E-state index contributed by atoms with van der Waals surface area (Å²) in [5, 5.41) is 9.02. The van der Waals surface area contributed by atoms with E-state index in [-0.39, 0.29) is 6.42 Å². The molecule has 3 N–H and O–H groups in total. The van der Waals surface area contributed by atoms with Crippen molar-refractivity contribution in [1.82, 2.24) is 0 Å². The van der Waals surface area contributed by atoms with Gasteiger partial charge in [-0.2, -0.15) is 0 Å². The molecule has 1 atom stereocenters. The van der Waals surface area contributed by atoms with Gasteiger partial charge in [0.1, 0.15) is 0 Å². The summed E-state index contributed by atoms with van der Waals surface area (Å²) in [6.45, 7) is 0. The van der Waals surface area contributed by atoms with Gasteiger partial charge in [0.2, 0.25) is 6.43 Å². The normalized spacial score (nSPS) is 18.4. The molecular formula is C13H14ClF2NO2. The minimum atomic E-state index is -2.45. The lowest BCUT2D eigenvalue weighted by Crippen LogP contribution is -2.20. The molecule has 0 bridgehead atoms. The summed E-state index contributed by atoms with van der Waals surface area (Å²) in [7, 11) is 0. The van der Waals surface area contributed by atoms with Crippen molar-refractivity contribution in [2.24, 2.45) is 5.73 Å². The van der Waals surface area contributed by atoms with Crippen LogP contribution < -0.4 is 5.73 Å². The first kappa shape index (κ1) is 14.2. The molecule has 6 heteroatoms. The van der Waals surface area contributed by atoms with E-state index in [0.717, 1.165) is 0 Å². The van der Waals surface area contributed by atoms with Crippen molar-refractivity contribution >= 4 is 17.6 Å². The van der Waals surface area contributed by atoms with Crippen LogP contribution in [0.25, 0.3) is 0 Å². The first-order valence-electron chi connectivity index (χ1n) is 5.91. The summed E-state index contributed by atoms with van der Waals surface area (Å²) in [6.07, 6.45) is -1.88. The van der Waals surface area contributed by atoms with Gasteiger partial charge in [-0.3, -0.25) is 4.79 Å². The van der Waals surface area contributed by atoms with Gasteiger partial charge in [-0.05, 0) is 36.1 Å². The molecule has 1 aromatic carbocycles. The van der Waals surface area contributed by atoms with E-state index in [9.17, 15) is 13.6 Å². The first-order valence-corrected chi connectivity index (χ1v) is 6.29. The van der Waals surface area contributed by atoms with E-state index < -0.39 is 23.9 Å². The topological polar surface area (TPSA) is 63.3 Å². The number of carbonyl (C=O) groups is 1. The molecule has 0 aliphatic heterocycles. The van der Waals surface area contributed by atoms with Crippen molar-refractivity contribution < 1.29 is 18.7 Å². The molecule has 1 fully saturated rings. The molecule has 3 nitrogen and oxygen atoms in total. The fourth-order valence-corrected chi connectivity index (χ4v) is 2.43. The van der Waals surface area contributed by atoms with Crippen molar-refractivity contribution in [2.75, 3.05) is 0 Å². The fraction of sp³-hybridized carbons (Fsp3) is 0.462. The average molecular weight is 290 g/mol. The predicted octanol–water partition coefficient (Wildman–Crippen LogP) is 3.11. The number of carboxylic acids is 1. The number of benzene rings is 1. The fourth-order valence-electron chi connectivity index (χ4n) is 2.19. The van der Waals surface area contributed by atoms with E-state index in [1.165, 1.54) is 12.1 Å². The van der Waals surface area contributed by atoms with Crippen LogP contribution in [0.1, 0.15) is 36.4 Å². The summed E-state index contributed by atoms with van der Waals surface area (Å²) in [4.78, 5) is 10.6. The van der Waals surface area contributed by atoms with E-state index >= 15 is 0 Å².